The molecular weight excluding hydrogens is 180 g/mol. The Labute approximate surface area is 82.7 Å². The number of ketones is 2. The highest BCUT2D eigenvalue weighted by Crippen LogP contribution is 2.12. The van der Waals surface area contributed by atoms with Crippen LogP contribution >= 0.6 is 0 Å². The summed E-state index contributed by atoms with van der Waals surface area (Å²) in [7, 11) is 0. The van der Waals surface area contributed by atoms with Crippen molar-refractivity contribution in [3.05, 3.63) is 17.5 Å². The van der Waals surface area contributed by atoms with Crippen LogP contribution in [0.4, 0.5) is 0 Å². The molecule has 0 atom stereocenters. The van der Waals surface area contributed by atoms with Crippen LogP contribution in [-0.4, -0.2) is 21.8 Å². The summed E-state index contributed by atoms with van der Waals surface area (Å²) in [6, 6.07) is 0. The monoisotopic (exact) mass is 194 g/mol. The standard InChI is InChI=1S/C10H14N2O2/c1-6(2)10(14)8-5-11-12-9(8)4-7(3)13/h5-6H,4H2,1-3H3,(H,11,12). The molecule has 0 spiro atoms. The molecule has 1 aromatic heterocycles. The predicted octanol–water partition coefficient (Wildman–Crippen LogP) is 1.38. The fraction of sp³-hybridized carbons (Fsp3) is 0.500. The van der Waals surface area contributed by atoms with E-state index in [1.807, 2.05) is 13.8 Å². The van der Waals surface area contributed by atoms with Crippen molar-refractivity contribution in [2.45, 2.75) is 27.2 Å². The lowest BCUT2D eigenvalue weighted by atomic mass is 10.00. The summed E-state index contributed by atoms with van der Waals surface area (Å²) in [5, 5.41) is 6.46. The lowest BCUT2D eigenvalue weighted by molar-refractivity contribution is -0.116. The smallest absolute Gasteiger partial charge is 0.168 e. The second-order valence-corrected chi connectivity index (χ2v) is 3.66. The molecule has 0 unspecified atom stereocenters. The average molecular weight is 194 g/mol. The number of nitrogens with zero attached hydrogens (tertiary/aromatic N) is 1. The van der Waals surface area contributed by atoms with Gasteiger partial charge in [0.1, 0.15) is 5.78 Å². The van der Waals surface area contributed by atoms with E-state index in [-0.39, 0.29) is 23.9 Å². The van der Waals surface area contributed by atoms with Gasteiger partial charge < -0.3 is 0 Å². The van der Waals surface area contributed by atoms with Crippen molar-refractivity contribution in [3.8, 4) is 0 Å². The van der Waals surface area contributed by atoms with E-state index in [2.05, 4.69) is 10.2 Å². The summed E-state index contributed by atoms with van der Waals surface area (Å²) in [6.07, 6.45) is 1.73. The third-order valence-corrected chi connectivity index (χ3v) is 1.93. The molecule has 76 valence electrons. The molecule has 14 heavy (non-hydrogen) atoms. The van der Waals surface area contributed by atoms with Crippen LogP contribution in [-0.2, 0) is 11.2 Å². The molecule has 0 aliphatic rings. The molecule has 0 aliphatic heterocycles. The molecule has 1 heterocycles. The van der Waals surface area contributed by atoms with E-state index in [1.54, 1.807) is 0 Å². The van der Waals surface area contributed by atoms with Gasteiger partial charge in [0.15, 0.2) is 5.78 Å². The second-order valence-electron chi connectivity index (χ2n) is 3.66. The van der Waals surface area contributed by atoms with Crippen molar-refractivity contribution in [2.24, 2.45) is 5.92 Å². The molecule has 0 aromatic carbocycles. The lowest BCUT2D eigenvalue weighted by Crippen LogP contribution is -2.10. The Morgan fingerprint density at radius 3 is 2.64 bits per heavy atom. The predicted molar refractivity (Wildman–Crippen MR) is 52.1 cm³/mol. The van der Waals surface area contributed by atoms with Gasteiger partial charge in [-0.15, -0.1) is 0 Å². The van der Waals surface area contributed by atoms with Crippen LogP contribution in [0.25, 0.3) is 0 Å². The molecule has 4 heteroatoms. The first-order valence-electron chi connectivity index (χ1n) is 4.58. The first-order chi connectivity index (χ1) is 6.52. The van der Waals surface area contributed by atoms with Crippen molar-refractivity contribution in [3.63, 3.8) is 0 Å². The van der Waals surface area contributed by atoms with Crippen molar-refractivity contribution >= 4 is 11.6 Å². The number of hydrogen-bond acceptors (Lipinski definition) is 3. The van der Waals surface area contributed by atoms with Gasteiger partial charge in [0.25, 0.3) is 0 Å². The van der Waals surface area contributed by atoms with Crippen molar-refractivity contribution in [1.82, 2.24) is 10.2 Å². The normalized spacial score (nSPS) is 10.6. The Morgan fingerprint density at radius 2 is 2.14 bits per heavy atom. The van der Waals surface area contributed by atoms with Crippen LogP contribution < -0.4 is 0 Å². The van der Waals surface area contributed by atoms with Gasteiger partial charge >= 0.3 is 0 Å². The maximum absolute atomic E-state index is 11.6. The Morgan fingerprint density at radius 1 is 1.50 bits per heavy atom. The minimum absolute atomic E-state index is 0.0204. The van der Waals surface area contributed by atoms with Crippen LogP contribution in [0.15, 0.2) is 6.20 Å². The van der Waals surface area contributed by atoms with Gasteiger partial charge in [0.05, 0.1) is 17.5 Å². The van der Waals surface area contributed by atoms with Crippen LogP contribution in [0.2, 0.25) is 0 Å². The van der Waals surface area contributed by atoms with Gasteiger partial charge in [0.2, 0.25) is 0 Å². The van der Waals surface area contributed by atoms with E-state index in [4.69, 9.17) is 0 Å². The minimum atomic E-state index is -0.0710. The summed E-state index contributed by atoms with van der Waals surface area (Å²) in [4.78, 5) is 22.5. The van der Waals surface area contributed by atoms with Crippen LogP contribution in [0, 0.1) is 5.92 Å². The van der Waals surface area contributed by atoms with Gasteiger partial charge in [0, 0.05) is 12.3 Å². The van der Waals surface area contributed by atoms with E-state index >= 15 is 0 Å². The van der Waals surface area contributed by atoms with E-state index in [1.165, 1.54) is 13.1 Å². The SMILES string of the molecule is CC(=O)Cc1[nH]ncc1C(=O)C(C)C. The first kappa shape index (κ1) is 10.6. The Balaban J connectivity index is 2.92. The molecule has 1 aromatic rings. The highest BCUT2D eigenvalue weighted by atomic mass is 16.1. The number of Topliss-reactive ketones (excluding diaryl/α,β-unsaturated/α-hetero) is 2. The van der Waals surface area contributed by atoms with Crippen molar-refractivity contribution < 1.29 is 9.59 Å². The largest absolute Gasteiger partial charge is 0.300 e. The number of carbonyl (C=O) groups is 2. The Hall–Kier alpha value is -1.45. The number of aromatic amines is 1. The number of rotatable bonds is 4. The molecule has 1 rings (SSSR count). The van der Waals surface area contributed by atoms with Crippen LogP contribution in [0.5, 0.6) is 0 Å². The van der Waals surface area contributed by atoms with E-state index in [9.17, 15) is 9.59 Å². The van der Waals surface area contributed by atoms with Crippen molar-refractivity contribution in [1.29, 1.82) is 0 Å². The number of H-pyrrole nitrogens is 1. The van der Waals surface area contributed by atoms with Gasteiger partial charge in [-0.3, -0.25) is 14.7 Å². The van der Waals surface area contributed by atoms with E-state index in [0.29, 0.717) is 11.3 Å². The average Bonchev–Trinajstić information content (AvgIpc) is 2.49. The van der Waals surface area contributed by atoms with Gasteiger partial charge in [-0.25, -0.2) is 0 Å². The zero-order valence-electron chi connectivity index (χ0n) is 8.63. The highest BCUT2D eigenvalue weighted by Gasteiger charge is 2.17. The van der Waals surface area contributed by atoms with E-state index < -0.39 is 0 Å². The summed E-state index contributed by atoms with van der Waals surface area (Å²) in [6.45, 7) is 5.14. The Kier molecular flexibility index (Phi) is 3.17. The maximum Gasteiger partial charge on any atom is 0.168 e. The molecule has 1 N–H and O–H groups in total. The van der Waals surface area contributed by atoms with Crippen LogP contribution in [0.3, 0.4) is 0 Å². The fourth-order valence-electron chi connectivity index (χ4n) is 1.22. The summed E-state index contributed by atoms with van der Waals surface area (Å²) in [5.74, 6) is -0.0274. The van der Waals surface area contributed by atoms with Crippen LogP contribution in [0.1, 0.15) is 36.8 Å². The number of carbonyl (C=O) groups excluding carboxylic acids is 2. The van der Waals surface area contributed by atoms with Gasteiger partial charge in [-0.05, 0) is 6.92 Å². The number of nitrogens with one attached hydrogen (secondary N) is 1. The zero-order valence-corrected chi connectivity index (χ0v) is 8.63. The van der Waals surface area contributed by atoms with Gasteiger partial charge in [-0.1, -0.05) is 13.8 Å². The third-order valence-electron chi connectivity index (χ3n) is 1.93. The molecule has 0 saturated heterocycles. The number of hydrogen-bond donors (Lipinski definition) is 1. The molecule has 4 nitrogen and oxygen atoms in total. The minimum Gasteiger partial charge on any atom is -0.300 e. The van der Waals surface area contributed by atoms with E-state index in [0.717, 1.165) is 0 Å². The Bertz CT molecular complexity index is 353. The maximum atomic E-state index is 11.6. The summed E-state index contributed by atoms with van der Waals surface area (Å²) >= 11 is 0. The molecule has 0 aliphatic carbocycles. The fourth-order valence-corrected chi connectivity index (χ4v) is 1.22. The van der Waals surface area contributed by atoms with Gasteiger partial charge in [-0.2, -0.15) is 5.10 Å². The third kappa shape index (κ3) is 2.28. The van der Waals surface area contributed by atoms with Crippen molar-refractivity contribution in [2.75, 3.05) is 0 Å². The molecule has 0 fully saturated rings. The summed E-state index contributed by atoms with van der Waals surface area (Å²) in [5.41, 5.74) is 1.16. The first-order valence-corrected chi connectivity index (χ1v) is 4.58. The molecule has 0 amide bonds. The number of aromatic nitrogens is 2. The molecular formula is C10H14N2O2. The quantitative estimate of drug-likeness (QED) is 0.736. The summed E-state index contributed by atoms with van der Waals surface area (Å²) < 4.78 is 0. The molecule has 0 radical (unpaired) electrons. The zero-order chi connectivity index (χ0) is 10.7. The lowest BCUT2D eigenvalue weighted by Gasteiger charge is -2.03. The highest BCUT2D eigenvalue weighted by molar-refractivity contribution is 5.99. The second kappa shape index (κ2) is 4.17. The molecule has 0 bridgehead atoms. The topological polar surface area (TPSA) is 62.8 Å². The molecule has 0 saturated carbocycles.